The zero-order valence-corrected chi connectivity index (χ0v) is 10.1. The number of rotatable bonds is 3. The molecule has 15 heavy (non-hydrogen) atoms. The molecule has 0 radical (unpaired) electrons. The van der Waals surface area contributed by atoms with Gasteiger partial charge in [0.25, 0.3) is 0 Å². The molecule has 3 unspecified atom stereocenters. The van der Waals surface area contributed by atoms with Crippen molar-refractivity contribution < 1.29 is 5.11 Å². The van der Waals surface area contributed by atoms with E-state index in [-0.39, 0.29) is 6.10 Å². The molecule has 0 aromatic heterocycles. The number of aliphatic hydroxyl groups excluding tert-OH is 1. The summed E-state index contributed by atoms with van der Waals surface area (Å²) < 4.78 is 0. The second-order valence-corrected chi connectivity index (χ2v) is 5.99. The van der Waals surface area contributed by atoms with E-state index in [9.17, 15) is 5.11 Å². The molecule has 1 heteroatoms. The topological polar surface area (TPSA) is 20.2 Å². The van der Waals surface area contributed by atoms with Gasteiger partial charge in [-0.25, -0.2) is 0 Å². The molecule has 2 rings (SSSR count). The van der Waals surface area contributed by atoms with Crippen LogP contribution < -0.4 is 0 Å². The Morgan fingerprint density at radius 1 is 1.07 bits per heavy atom. The van der Waals surface area contributed by atoms with E-state index in [1.807, 2.05) is 0 Å². The molecule has 0 heterocycles. The highest BCUT2D eigenvalue weighted by Crippen LogP contribution is 2.35. The van der Waals surface area contributed by atoms with Crippen LogP contribution in [0.2, 0.25) is 0 Å². The third-order valence-electron chi connectivity index (χ3n) is 4.56. The maximum absolute atomic E-state index is 10.2. The van der Waals surface area contributed by atoms with Gasteiger partial charge < -0.3 is 5.11 Å². The Kier molecular flexibility index (Phi) is 4.07. The maximum atomic E-state index is 10.2. The molecule has 0 saturated heterocycles. The van der Waals surface area contributed by atoms with E-state index in [2.05, 4.69) is 6.92 Å². The summed E-state index contributed by atoms with van der Waals surface area (Å²) in [6, 6.07) is 0. The average Bonchev–Trinajstić information content (AvgIpc) is 2.70. The van der Waals surface area contributed by atoms with Gasteiger partial charge in [-0.2, -0.15) is 0 Å². The molecule has 0 aromatic rings. The SMILES string of the molecule is CC1CCCC(CC(O)C2CCCC2)C1. The highest BCUT2D eigenvalue weighted by Gasteiger charge is 2.27. The van der Waals surface area contributed by atoms with Crippen LogP contribution in [0.25, 0.3) is 0 Å². The Hall–Kier alpha value is -0.0400. The summed E-state index contributed by atoms with van der Waals surface area (Å²) in [5, 5.41) is 10.2. The van der Waals surface area contributed by atoms with Gasteiger partial charge in [0.15, 0.2) is 0 Å². The first kappa shape index (κ1) is 11.4. The minimum Gasteiger partial charge on any atom is -0.393 e. The van der Waals surface area contributed by atoms with Crippen LogP contribution in [0.15, 0.2) is 0 Å². The molecule has 2 aliphatic rings. The van der Waals surface area contributed by atoms with Crippen molar-refractivity contribution in [2.24, 2.45) is 17.8 Å². The van der Waals surface area contributed by atoms with Crippen molar-refractivity contribution in [1.29, 1.82) is 0 Å². The maximum Gasteiger partial charge on any atom is 0.0571 e. The summed E-state index contributed by atoms with van der Waals surface area (Å²) in [6.45, 7) is 2.37. The molecule has 0 bridgehead atoms. The molecule has 1 nitrogen and oxygen atoms in total. The minimum absolute atomic E-state index is 0.0165. The molecular formula is C14H26O. The fourth-order valence-electron chi connectivity index (χ4n) is 3.65. The summed E-state index contributed by atoms with van der Waals surface area (Å²) in [5.74, 6) is 2.37. The van der Waals surface area contributed by atoms with E-state index in [0.29, 0.717) is 5.92 Å². The van der Waals surface area contributed by atoms with Crippen molar-refractivity contribution in [3.05, 3.63) is 0 Å². The lowest BCUT2D eigenvalue weighted by Crippen LogP contribution is -2.24. The lowest BCUT2D eigenvalue weighted by atomic mass is 9.78. The van der Waals surface area contributed by atoms with Gasteiger partial charge >= 0.3 is 0 Å². The Morgan fingerprint density at radius 3 is 2.47 bits per heavy atom. The first-order chi connectivity index (χ1) is 7.25. The van der Waals surface area contributed by atoms with Crippen LogP contribution in [0.1, 0.15) is 64.7 Å². The molecule has 3 atom stereocenters. The van der Waals surface area contributed by atoms with Crippen LogP contribution in [-0.2, 0) is 0 Å². The summed E-state index contributed by atoms with van der Waals surface area (Å²) in [5.41, 5.74) is 0. The largest absolute Gasteiger partial charge is 0.393 e. The van der Waals surface area contributed by atoms with Gasteiger partial charge in [0.1, 0.15) is 0 Å². The van der Waals surface area contributed by atoms with Gasteiger partial charge in [-0.3, -0.25) is 0 Å². The van der Waals surface area contributed by atoms with E-state index in [4.69, 9.17) is 0 Å². The molecular weight excluding hydrogens is 184 g/mol. The van der Waals surface area contributed by atoms with E-state index >= 15 is 0 Å². The smallest absolute Gasteiger partial charge is 0.0571 e. The third kappa shape index (κ3) is 3.21. The fraction of sp³-hybridized carbons (Fsp3) is 1.00. The molecule has 0 aromatic carbocycles. The summed E-state index contributed by atoms with van der Waals surface area (Å²) in [4.78, 5) is 0. The summed E-state index contributed by atoms with van der Waals surface area (Å²) >= 11 is 0. The number of hydrogen-bond acceptors (Lipinski definition) is 1. The van der Waals surface area contributed by atoms with Gasteiger partial charge in [0.2, 0.25) is 0 Å². The Morgan fingerprint density at radius 2 is 1.80 bits per heavy atom. The van der Waals surface area contributed by atoms with Gasteiger partial charge in [0.05, 0.1) is 6.10 Å². The van der Waals surface area contributed by atoms with Crippen LogP contribution in [-0.4, -0.2) is 11.2 Å². The summed E-state index contributed by atoms with van der Waals surface area (Å²) in [6.07, 6.45) is 11.9. The molecule has 2 fully saturated rings. The van der Waals surface area contributed by atoms with Gasteiger partial charge in [-0.15, -0.1) is 0 Å². The van der Waals surface area contributed by atoms with Crippen LogP contribution in [0, 0.1) is 17.8 Å². The zero-order chi connectivity index (χ0) is 10.7. The standard InChI is InChI=1S/C14H26O/c1-11-5-4-6-12(9-11)10-14(15)13-7-2-3-8-13/h11-15H,2-10H2,1H3. The van der Waals surface area contributed by atoms with Crippen molar-refractivity contribution in [1.82, 2.24) is 0 Å². The first-order valence-corrected chi connectivity index (χ1v) is 6.93. The van der Waals surface area contributed by atoms with Crippen molar-refractivity contribution in [3.63, 3.8) is 0 Å². The number of aliphatic hydroxyl groups is 1. The molecule has 0 aliphatic heterocycles. The van der Waals surface area contributed by atoms with Crippen molar-refractivity contribution in [2.45, 2.75) is 70.8 Å². The molecule has 0 amide bonds. The molecule has 2 aliphatic carbocycles. The van der Waals surface area contributed by atoms with Crippen LogP contribution in [0.5, 0.6) is 0 Å². The Balaban J connectivity index is 1.74. The monoisotopic (exact) mass is 210 g/mol. The number of hydrogen-bond donors (Lipinski definition) is 1. The average molecular weight is 210 g/mol. The van der Waals surface area contributed by atoms with Gasteiger partial charge in [-0.1, -0.05) is 39.0 Å². The predicted octanol–water partition coefficient (Wildman–Crippen LogP) is 3.75. The van der Waals surface area contributed by atoms with E-state index < -0.39 is 0 Å². The zero-order valence-electron chi connectivity index (χ0n) is 10.1. The van der Waals surface area contributed by atoms with E-state index in [0.717, 1.165) is 18.3 Å². The van der Waals surface area contributed by atoms with Gasteiger partial charge in [-0.05, 0) is 43.4 Å². The highest BCUT2D eigenvalue weighted by molar-refractivity contribution is 4.79. The van der Waals surface area contributed by atoms with Crippen LogP contribution in [0.3, 0.4) is 0 Å². The third-order valence-corrected chi connectivity index (χ3v) is 4.56. The summed E-state index contributed by atoms with van der Waals surface area (Å²) in [7, 11) is 0. The minimum atomic E-state index is 0.0165. The van der Waals surface area contributed by atoms with Crippen LogP contribution in [0.4, 0.5) is 0 Å². The lowest BCUT2D eigenvalue weighted by Gasteiger charge is -2.30. The Labute approximate surface area is 94.3 Å². The van der Waals surface area contributed by atoms with E-state index in [1.54, 1.807) is 0 Å². The second-order valence-electron chi connectivity index (χ2n) is 5.99. The van der Waals surface area contributed by atoms with Crippen molar-refractivity contribution >= 4 is 0 Å². The quantitative estimate of drug-likeness (QED) is 0.752. The van der Waals surface area contributed by atoms with Crippen LogP contribution >= 0.6 is 0 Å². The molecule has 88 valence electrons. The normalized spacial score (nSPS) is 35.6. The Bertz CT molecular complexity index is 184. The van der Waals surface area contributed by atoms with Crippen molar-refractivity contribution in [3.8, 4) is 0 Å². The van der Waals surface area contributed by atoms with E-state index in [1.165, 1.54) is 51.4 Å². The fourth-order valence-corrected chi connectivity index (χ4v) is 3.65. The molecule has 1 N–H and O–H groups in total. The molecule has 2 saturated carbocycles. The second kappa shape index (κ2) is 5.34. The predicted molar refractivity (Wildman–Crippen MR) is 63.7 cm³/mol. The van der Waals surface area contributed by atoms with Crippen molar-refractivity contribution in [2.75, 3.05) is 0 Å². The first-order valence-electron chi connectivity index (χ1n) is 6.93. The molecule has 0 spiro atoms. The van der Waals surface area contributed by atoms with Gasteiger partial charge in [0, 0.05) is 0 Å². The lowest BCUT2D eigenvalue weighted by molar-refractivity contribution is 0.0718. The highest BCUT2D eigenvalue weighted by atomic mass is 16.3.